The summed E-state index contributed by atoms with van der Waals surface area (Å²) in [7, 11) is 0. The highest BCUT2D eigenvalue weighted by Gasteiger charge is 2.31. The summed E-state index contributed by atoms with van der Waals surface area (Å²) in [6, 6.07) is 2.75. The van der Waals surface area contributed by atoms with Crippen molar-refractivity contribution in [2.45, 2.75) is 25.9 Å². The molecule has 0 radical (unpaired) electrons. The fraction of sp³-hybridized carbons (Fsp3) is 0.417. The Morgan fingerprint density at radius 2 is 2.00 bits per heavy atom. The zero-order valence-corrected chi connectivity index (χ0v) is 11.9. The molecule has 0 heterocycles. The second-order valence-electron chi connectivity index (χ2n) is 3.96. The number of hydrogen-bond donors (Lipinski definition) is 2. The van der Waals surface area contributed by atoms with Gasteiger partial charge >= 0.3 is 12.2 Å². The smallest absolute Gasteiger partial charge is 0.338 e. The van der Waals surface area contributed by atoms with Gasteiger partial charge in [0, 0.05) is 16.7 Å². The zero-order valence-electron chi connectivity index (χ0n) is 10.3. The Bertz CT molecular complexity index is 449. The lowest BCUT2D eigenvalue weighted by molar-refractivity contribution is -0.137. The zero-order chi connectivity index (χ0) is 14.5. The Hall–Kier alpha value is -1.24. The molecule has 0 aliphatic rings. The van der Waals surface area contributed by atoms with Gasteiger partial charge in [-0.2, -0.15) is 13.2 Å². The molecule has 2 N–H and O–H groups in total. The lowest BCUT2D eigenvalue weighted by atomic mass is 10.2. The first-order valence-corrected chi connectivity index (χ1v) is 6.55. The normalized spacial score (nSPS) is 11.2. The maximum Gasteiger partial charge on any atom is 0.416 e. The Balaban J connectivity index is 2.73. The van der Waals surface area contributed by atoms with Crippen molar-refractivity contribution in [1.29, 1.82) is 0 Å². The van der Waals surface area contributed by atoms with Gasteiger partial charge in [-0.15, -0.1) is 0 Å². The van der Waals surface area contributed by atoms with E-state index in [0.29, 0.717) is 6.54 Å². The molecular formula is C12H14BrF3N2O. The molecule has 0 saturated heterocycles. The van der Waals surface area contributed by atoms with Crippen LogP contribution in [0, 0.1) is 0 Å². The summed E-state index contributed by atoms with van der Waals surface area (Å²) in [5.41, 5.74) is -0.721. The van der Waals surface area contributed by atoms with Gasteiger partial charge in [0.05, 0.1) is 5.56 Å². The number of amides is 2. The van der Waals surface area contributed by atoms with E-state index in [-0.39, 0.29) is 10.2 Å². The summed E-state index contributed by atoms with van der Waals surface area (Å²) in [5.74, 6) is 0. The number of anilines is 1. The van der Waals surface area contributed by atoms with Gasteiger partial charge in [-0.25, -0.2) is 4.79 Å². The summed E-state index contributed by atoms with van der Waals surface area (Å²) in [6.07, 6.45) is -2.70. The van der Waals surface area contributed by atoms with Crippen LogP contribution in [-0.4, -0.2) is 12.6 Å². The van der Waals surface area contributed by atoms with Crippen LogP contribution in [0.4, 0.5) is 23.7 Å². The second-order valence-corrected chi connectivity index (χ2v) is 4.88. The summed E-state index contributed by atoms with van der Waals surface area (Å²) in [4.78, 5) is 11.4. The van der Waals surface area contributed by atoms with Crippen LogP contribution in [0.2, 0.25) is 0 Å². The Morgan fingerprint density at radius 3 is 2.58 bits per heavy atom. The topological polar surface area (TPSA) is 41.1 Å². The molecule has 1 aromatic carbocycles. The highest BCUT2D eigenvalue weighted by Crippen LogP contribution is 2.33. The molecule has 1 rings (SSSR count). The fourth-order valence-corrected chi connectivity index (χ4v) is 1.87. The summed E-state index contributed by atoms with van der Waals surface area (Å²) >= 11 is 2.99. The van der Waals surface area contributed by atoms with E-state index >= 15 is 0 Å². The van der Waals surface area contributed by atoms with E-state index in [1.165, 1.54) is 6.07 Å². The molecule has 0 spiro atoms. The average Bonchev–Trinajstić information content (AvgIpc) is 2.27. The van der Waals surface area contributed by atoms with Gasteiger partial charge in [0.2, 0.25) is 0 Å². The SMILES string of the molecule is CCCCNC(=O)Nc1cc(Br)cc(C(F)(F)F)c1. The number of unbranched alkanes of at least 4 members (excludes halogenated alkanes) is 1. The molecular weight excluding hydrogens is 325 g/mol. The minimum Gasteiger partial charge on any atom is -0.338 e. The third-order valence-electron chi connectivity index (χ3n) is 2.30. The van der Waals surface area contributed by atoms with Crippen molar-refractivity contribution in [2.75, 3.05) is 11.9 Å². The predicted molar refractivity (Wildman–Crippen MR) is 71.1 cm³/mol. The maximum atomic E-state index is 12.6. The van der Waals surface area contributed by atoms with Crippen molar-refractivity contribution < 1.29 is 18.0 Å². The van der Waals surface area contributed by atoms with Gasteiger partial charge in [0.15, 0.2) is 0 Å². The Labute approximate surface area is 117 Å². The molecule has 0 fully saturated rings. The molecule has 0 aromatic heterocycles. The Kier molecular flexibility index (Phi) is 5.65. The third-order valence-corrected chi connectivity index (χ3v) is 2.76. The minimum absolute atomic E-state index is 0.0932. The molecule has 0 saturated carbocycles. The van der Waals surface area contributed by atoms with Gasteiger partial charge < -0.3 is 10.6 Å². The lowest BCUT2D eigenvalue weighted by Crippen LogP contribution is -2.29. The van der Waals surface area contributed by atoms with Crippen molar-refractivity contribution >= 4 is 27.6 Å². The van der Waals surface area contributed by atoms with Crippen molar-refractivity contribution in [1.82, 2.24) is 5.32 Å². The number of alkyl halides is 3. The largest absolute Gasteiger partial charge is 0.416 e. The maximum absolute atomic E-state index is 12.6. The van der Waals surface area contributed by atoms with Gasteiger partial charge in [-0.3, -0.25) is 0 Å². The van der Waals surface area contributed by atoms with E-state index in [2.05, 4.69) is 26.6 Å². The molecule has 0 aliphatic heterocycles. The van der Waals surface area contributed by atoms with Crippen molar-refractivity contribution in [3.63, 3.8) is 0 Å². The van der Waals surface area contributed by atoms with Crippen LogP contribution in [0.1, 0.15) is 25.3 Å². The summed E-state index contributed by atoms with van der Waals surface area (Å²) < 4.78 is 38.0. The molecule has 0 bridgehead atoms. The number of hydrogen-bond acceptors (Lipinski definition) is 1. The van der Waals surface area contributed by atoms with Crippen LogP contribution < -0.4 is 10.6 Å². The summed E-state index contributed by atoms with van der Waals surface area (Å²) in [6.45, 7) is 2.46. The third kappa shape index (κ3) is 5.50. The highest BCUT2D eigenvalue weighted by atomic mass is 79.9. The quantitative estimate of drug-likeness (QED) is 0.785. The van der Waals surface area contributed by atoms with E-state index in [1.54, 1.807) is 0 Å². The number of urea groups is 1. The lowest BCUT2D eigenvalue weighted by Gasteiger charge is -2.11. The number of carbonyl (C=O) groups is 1. The highest BCUT2D eigenvalue weighted by molar-refractivity contribution is 9.10. The molecule has 19 heavy (non-hydrogen) atoms. The first-order chi connectivity index (χ1) is 8.82. The van der Waals surface area contributed by atoms with E-state index < -0.39 is 17.8 Å². The van der Waals surface area contributed by atoms with Crippen LogP contribution in [0.15, 0.2) is 22.7 Å². The first-order valence-electron chi connectivity index (χ1n) is 5.75. The standard InChI is InChI=1S/C12H14BrF3N2O/c1-2-3-4-17-11(19)18-10-6-8(12(14,15)16)5-9(13)7-10/h5-7H,2-4H2,1H3,(H2,17,18,19). The molecule has 106 valence electrons. The fourth-order valence-electron chi connectivity index (χ4n) is 1.38. The van der Waals surface area contributed by atoms with E-state index in [1.807, 2.05) is 6.92 Å². The molecule has 0 aliphatic carbocycles. The molecule has 0 unspecified atom stereocenters. The molecule has 2 amide bonds. The van der Waals surface area contributed by atoms with Crippen LogP contribution in [0.25, 0.3) is 0 Å². The molecule has 7 heteroatoms. The number of benzene rings is 1. The van der Waals surface area contributed by atoms with Crippen LogP contribution in [-0.2, 0) is 6.18 Å². The monoisotopic (exact) mass is 338 g/mol. The molecule has 3 nitrogen and oxygen atoms in total. The van der Waals surface area contributed by atoms with E-state index in [4.69, 9.17) is 0 Å². The average molecular weight is 339 g/mol. The van der Waals surface area contributed by atoms with E-state index in [9.17, 15) is 18.0 Å². The van der Waals surface area contributed by atoms with Gasteiger partial charge in [0.1, 0.15) is 0 Å². The number of rotatable bonds is 4. The van der Waals surface area contributed by atoms with E-state index in [0.717, 1.165) is 25.0 Å². The first kappa shape index (κ1) is 15.8. The van der Waals surface area contributed by atoms with Gasteiger partial charge in [-0.1, -0.05) is 29.3 Å². The number of nitrogens with one attached hydrogen (secondary N) is 2. The van der Waals surface area contributed by atoms with Crippen molar-refractivity contribution in [3.05, 3.63) is 28.2 Å². The molecule has 0 atom stereocenters. The predicted octanol–water partition coefficient (Wildman–Crippen LogP) is 4.39. The summed E-state index contributed by atoms with van der Waals surface area (Å²) in [5, 5.41) is 4.94. The van der Waals surface area contributed by atoms with Crippen LogP contribution in [0.3, 0.4) is 0 Å². The Morgan fingerprint density at radius 1 is 1.32 bits per heavy atom. The van der Waals surface area contributed by atoms with Crippen LogP contribution in [0.5, 0.6) is 0 Å². The molecule has 1 aromatic rings. The number of halogens is 4. The van der Waals surface area contributed by atoms with Gasteiger partial charge in [0.25, 0.3) is 0 Å². The second kappa shape index (κ2) is 6.79. The van der Waals surface area contributed by atoms with Crippen molar-refractivity contribution in [3.8, 4) is 0 Å². The minimum atomic E-state index is -4.45. The van der Waals surface area contributed by atoms with Crippen molar-refractivity contribution in [2.24, 2.45) is 0 Å². The van der Waals surface area contributed by atoms with Gasteiger partial charge in [-0.05, 0) is 24.6 Å². The number of carbonyl (C=O) groups excluding carboxylic acids is 1. The van der Waals surface area contributed by atoms with Crippen LogP contribution >= 0.6 is 15.9 Å².